The number of fused-ring (bicyclic) bond motifs is 3. The van der Waals surface area contributed by atoms with E-state index in [4.69, 9.17) is 9.47 Å². The largest absolute Gasteiger partial charge is 0.490 e. The third-order valence-corrected chi connectivity index (χ3v) is 9.08. The number of hydrogen-bond acceptors (Lipinski definition) is 4. The van der Waals surface area contributed by atoms with Crippen LogP contribution >= 0.6 is 0 Å². The molecule has 2 aromatic rings. The molecule has 2 bridgehead atoms. The van der Waals surface area contributed by atoms with Crippen molar-refractivity contribution in [3.05, 3.63) is 41.5 Å². The number of benzene rings is 2. The van der Waals surface area contributed by atoms with Crippen molar-refractivity contribution in [2.24, 2.45) is 11.8 Å². The van der Waals surface area contributed by atoms with Crippen molar-refractivity contribution in [1.82, 2.24) is 4.90 Å². The number of methoxy groups -OCH3 is 1. The van der Waals surface area contributed by atoms with Crippen molar-refractivity contribution in [3.63, 3.8) is 0 Å². The van der Waals surface area contributed by atoms with Crippen LogP contribution in [0.4, 0.5) is 26.3 Å². The van der Waals surface area contributed by atoms with Crippen LogP contribution in [0.3, 0.4) is 0 Å². The van der Waals surface area contributed by atoms with Gasteiger partial charge in [-0.2, -0.15) is 26.3 Å². The van der Waals surface area contributed by atoms with E-state index in [9.17, 15) is 31.1 Å². The Morgan fingerprint density at radius 2 is 1.48 bits per heavy atom. The highest BCUT2D eigenvalue weighted by Gasteiger charge is 2.43. The lowest BCUT2D eigenvalue weighted by Crippen LogP contribution is -2.53. The second-order valence-corrected chi connectivity index (χ2v) is 11.5. The first-order chi connectivity index (χ1) is 20.9. The summed E-state index contributed by atoms with van der Waals surface area (Å²) >= 11 is 0. The summed E-state index contributed by atoms with van der Waals surface area (Å²) in [5, 5.41) is 0.469. The summed E-state index contributed by atoms with van der Waals surface area (Å²) < 4.78 is 92.3. The molecule has 2 aliphatic heterocycles. The molecular weight excluding hydrogens is 584 g/mol. The molecule has 0 spiro atoms. The molecule has 0 N–H and O–H groups in total. The highest BCUT2D eigenvalue weighted by Crippen LogP contribution is 2.44. The molecule has 2 atom stereocenters. The van der Waals surface area contributed by atoms with E-state index in [1.165, 1.54) is 19.2 Å². The number of nitrogens with zero attached hydrogens (tertiary/aromatic N) is 1. The van der Waals surface area contributed by atoms with Gasteiger partial charge in [-0.1, -0.05) is 58.4 Å². The van der Waals surface area contributed by atoms with Crippen molar-refractivity contribution in [1.29, 1.82) is 0 Å². The molecule has 4 nitrogen and oxygen atoms in total. The minimum Gasteiger partial charge on any atom is -0.490 e. The number of carbonyl (C=O) groups is 1. The molecule has 2 unspecified atom stereocenters. The highest BCUT2D eigenvalue weighted by molar-refractivity contribution is 5.89. The zero-order chi connectivity index (χ0) is 32.7. The number of rotatable bonds is 6. The van der Waals surface area contributed by atoms with Crippen LogP contribution in [0.15, 0.2) is 30.3 Å². The number of halogens is 6. The molecule has 44 heavy (non-hydrogen) atoms. The molecule has 248 valence electrons. The van der Waals surface area contributed by atoms with E-state index in [-0.39, 0.29) is 48.7 Å². The molecule has 1 saturated carbocycles. The lowest BCUT2D eigenvalue weighted by atomic mass is 9.78. The van der Waals surface area contributed by atoms with Gasteiger partial charge < -0.3 is 9.47 Å². The molecule has 1 aliphatic carbocycles. The lowest BCUT2D eigenvalue weighted by molar-refractivity contribution is -0.185. The predicted molar refractivity (Wildman–Crippen MR) is 161 cm³/mol. The van der Waals surface area contributed by atoms with Gasteiger partial charge in [-0.15, -0.1) is 0 Å². The normalized spacial score (nSPS) is 25.7. The van der Waals surface area contributed by atoms with Crippen LogP contribution in [0.1, 0.15) is 96.6 Å². The smallest absolute Gasteiger partial charge is 0.420 e. The monoisotopic (exact) mass is 631 g/mol. The third kappa shape index (κ3) is 8.61. The molecule has 2 saturated heterocycles. The molecule has 5 rings (SSSR count). The summed E-state index contributed by atoms with van der Waals surface area (Å²) in [7, 11) is 1.42. The van der Waals surface area contributed by atoms with Crippen LogP contribution in [0.5, 0.6) is 5.75 Å². The number of alkyl halides is 6. The fraction of sp³-hybridized carbons (Fsp3) is 0.676. The van der Waals surface area contributed by atoms with E-state index in [2.05, 4.69) is 4.90 Å². The van der Waals surface area contributed by atoms with Gasteiger partial charge in [0.05, 0.1) is 25.0 Å². The van der Waals surface area contributed by atoms with Crippen molar-refractivity contribution in [2.45, 2.75) is 122 Å². The van der Waals surface area contributed by atoms with E-state index in [1.54, 1.807) is 18.2 Å². The van der Waals surface area contributed by atoms with Gasteiger partial charge in [-0.25, -0.2) is 0 Å². The Morgan fingerprint density at radius 3 is 2.02 bits per heavy atom. The Balaban J connectivity index is 0.00000127. The first-order valence-corrected chi connectivity index (χ1v) is 16.1. The first-order valence-electron chi connectivity index (χ1n) is 16.1. The van der Waals surface area contributed by atoms with Gasteiger partial charge in [0.15, 0.2) is 0 Å². The van der Waals surface area contributed by atoms with Gasteiger partial charge in [0, 0.05) is 18.6 Å². The van der Waals surface area contributed by atoms with Crippen molar-refractivity contribution in [3.8, 4) is 5.75 Å². The standard InChI is InChI=1S/C30H35F6NO3.2C2H6/c1-39-28(38)20-16-22-3-2-4-23(17-20)37(22)14-13-18-5-11-25-19(15-18)6-12-26(27(25)30(34,35)36)40-24-9-7-21(8-10-24)29(31,32)33;2*1-2/h5-6,11-12,15,20-24H,2-4,7-10,13-14,16-17H2,1H3;2*1-2H3. The summed E-state index contributed by atoms with van der Waals surface area (Å²) in [5.41, 5.74) is 0.0434. The van der Waals surface area contributed by atoms with Gasteiger partial charge in [0.2, 0.25) is 0 Å². The van der Waals surface area contributed by atoms with Gasteiger partial charge in [-0.05, 0) is 80.2 Å². The Bertz CT molecular complexity index is 1190. The maximum atomic E-state index is 14.2. The topological polar surface area (TPSA) is 38.8 Å². The van der Waals surface area contributed by atoms with Crippen molar-refractivity contribution >= 4 is 16.7 Å². The third-order valence-electron chi connectivity index (χ3n) is 9.08. The Kier molecular flexibility index (Phi) is 12.8. The maximum Gasteiger partial charge on any atom is 0.420 e. The summed E-state index contributed by atoms with van der Waals surface area (Å²) in [6.07, 6.45) is -4.40. The molecule has 3 fully saturated rings. The van der Waals surface area contributed by atoms with Gasteiger partial charge in [0.1, 0.15) is 11.3 Å². The molecule has 0 aromatic heterocycles. The average molecular weight is 632 g/mol. The zero-order valence-electron chi connectivity index (χ0n) is 26.5. The van der Waals surface area contributed by atoms with Gasteiger partial charge >= 0.3 is 18.3 Å². The first kappa shape index (κ1) is 36.0. The number of piperidine rings is 2. The van der Waals surface area contributed by atoms with Gasteiger partial charge in [0.25, 0.3) is 0 Å². The average Bonchev–Trinajstić information content (AvgIpc) is 3.00. The molecule has 3 aliphatic rings. The number of carbonyl (C=O) groups excluding carboxylic acids is 1. The van der Waals surface area contributed by atoms with Crippen molar-refractivity contribution in [2.75, 3.05) is 13.7 Å². The van der Waals surface area contributed by atoms with Gasteiger partial charge in [-0.3, -0.25) is 9.69 Å². The minimum atomic E-state index is -4.68. The van der Waals surface area contributed by atoms with Crippen molar-refractivity contribution < 1.29 is 40.6 Å². The van der Waals surface area contributed by atoms with Crippen LogP contribution in [0.25, 0.3) is 10.8 Å². The molecule has 0 amide bonds. The van der Waals surface area contributed by atoms with Crippen LogP contribution in [-0.4, -0.2) is 48.9 Å². The number of ether oxygens (including phenoxy) is 2. The number of hydrogen-bond donors (Lipinski definition) is 0. The predicted octanol–water partition coefficient (Wildman–Crippen LogP) is 9.76. The fourth-order valence-electron chi connectivity index (χ4n) is 7.05. The Morgan fingerprint density at radius 1 is 0.864 bits per heavy atom. The summed E-state index contributed by atoms with van der Waals surface area (Å²) in [6, 6.07) is 8.48. The summed E-state index contributed by atoms with van der Waals surface area (Å²) in [6.45, 7) is 8.77. The molecule has 0 radical (unpaired) electrons. The highest BCUT2D eigenvalue weighted by atomic mass is 19.4. The second-order valence-electron chi connectivity index (χ2n) is 11.5. The zero-order valence-corrected chi connectivity index (χ0v) is 26.5. The van der Waals surface area contributed by atoms with E-state index in [0.717, 1.165) is 44.2 Å². The fourth-order valence-corrected chi connectivity index (χ4v) is 7.05. The number of esters is 1. The second kappa shape index (κ2) is 15.7. The quantitative estimate of drug-likeness (QED) is 0.235. The summed E-state index contributed by atoms with van der Waals surface area (Å²) in [5.74, 6) is -1.98. The van der Waals surface area contributed by atoms with E-state index in [0.29, 0.717) is 23.9 Å². The van der Waals surface area contributed by atoms with Crippen LogP contribution in [0.2, 0.25) is 0 Å². The SMILES string of the molecule is CC.CC.COC(=O)C1CC2CCCC(C1)N2CCc1ccc2c(C(F)(F)F)c(OC3CCC(C(F)(F)F)CC3)ccc2c1. The molecule has 10 heteroatoms. The minimum absolute atomic E-state index is 0.0217. The molecule has 2 aromatic carbocycles. The summed E-state index contributed by atoms with van der Waals surface area (Å²) in [4.78, 5) is 14.6. The Hall–Kier alpha value is -2.49. The van der Waals surface area contributed by atoms with Crippen LogP contribution < -0.4 is 4.74 Å². The molecular formula is C34H47F6NO3. The van der Waals surface area contributed by atoms with E-state index < -0.39 is 29.9 Å². The van der Waals surface area contributed by atoms with E-state index >= 15 is 0 Å². The maximum absolute atomic E-state index is 14.2. The van der Waals surface area contributed by atoms with E-state index in [1.807, 2.05) is 27.7 Å². The molecule has 2 heterocycles. The Labute approximate surface area is 257 Å². The van der Waals surface area contributed by atoms with Crippen LogP contribution in [0, 0.1) is 11.8 Å². The van der Waals surface area contributed by atoms with Crippen LogP contribution in [-0.2, 0) is 22.1 Å². The lowest BCUT2D eigenvalue weighted by Gasteiger charge is -2.48.